The van der Waals surface area contributed by atoms with Gasteiger partial charge in [0.25, 0.3) is 0 Å². The molecule has 0 atom stereocenters. The lowest BCUT2D eigenvalue weighted by atomic mass is 9.89. The number of benzene rings is 1. The highest BCUT2D eigenvalue weighted by atomic mass is 35.5. The van der Waals surface area contributed by atoms with Gasteiger partial charge in [-0.2, -0.15) is 10.1 Å². The van der Waals surface area contributed by atoms with Crippen molar-refractivity contribution < 1.29 is 9.57 Å². The molecular weight excluding hydrogens is 342 g/mol. The second kappa shape index (κ2) is 7.93. The van der Waals surface area contributed by atoms with E-state index in [1.165, 1.54) is 6.42 Å². The van der Waals surface area contributed by atoms with Crippen LogP contribution in [0.3, 0.4) is 0 Å². The van der Waals surface area contributed by atoms with Gasteiger partial charge in [-0.05, 0) is 49.9 Å². The van der Waals surface area contributed by atoms with Crippen LogP contribution in [-0.2, 0) is 4.84 Å². The van der Waals surface area contributed by atoms with Crippen LogP contribution >= 0.6 is 11.6 Å². The van der Waals surface area contributed by atoms with Crippen molar-refractivity contribution in [1.29, 1.82) is 0 Å². The van der Waals surface area contributed by atoms with E-state index in [1.807, 2.05) is 12.1 Å². The normalized spacial score (nSPS) is 19.5. The largest absolute Gasteiger partial charge is 0.494 e. The van der Waals surface area contributed by atoms with E-state index < -0.39 is 5.66 Å². The molecule has 0 saturated heterocycles. The number of aliphatic imine (C=N–C) groups is 2. The molecular formula is C17H24ClN5O2. The lowest BCUT2D eigenvalue weighted by molar-refractivity contribution is -0.178. The van der Waals surface area contributed by atoms with E-state index in [2.05, 4.69) is 9.98 Å². The first kappa shape index (κ1) is 17.8. The minimum atomic E-state index is -0.509. The fourth-order valence-electron chi connectivity index (χ4n) is 3.21. The predicted octanol–water partition coefficient (Wildman–Crippen LogP) is 2.65. The Morgan fingerprint density at radius 3 is 2.52 bits per heavy atom. The number of nitrogens with two attached hydrogens (primary N) is 2. The summed E-state index contributed by atoms with van der Waals surface area (Å²) in [5.41, 5.74) is 11.3. The molecule has 3 rings (SSSR count). The van der Waals surface area contributed by atoms with Crippen molar-refractivity contribution >= 4 is 23.5 Å². The summed E-state index contributed by atoms with van der Waals surface area (Å²) < 4.78 is 5.67. The van der Waals surface area contributed by atoms with E-state index in [0.717, 1.165) is 31.4 Å². The van der Waals surface area contributed by atoms with Gasteiger partial charge in [0.1, 0.15) is 5.75 Å². The second-order valence-electron chi connectivity index (χ2n) is 6.27. The Morgan fingerprint density at radius 1 is 1.08 bits per heavy atom. The average molecular weight is 366 g/mol. The molecule has 1 fully saturated rings. The van der Waals surface area contributed by atoms with Gasteiger partial charge in [-0.3, -0.25) is 4.84 Å². The Hall–Kier alpha value is -1.99. The third-order valence-electron chi connectivity index (χ3n) is 4.38. The maximum Gasteiger partial charge on any atom is 0.226 e. The Labute approximate surface area is 152 Å². The van der Waals surface area contributed by atoms with E-state index in [9.17, 15) is 0 Å². The fraction of sp³-hybridized carbons (Fsp3) is 0.529. The summed E-state index contributed by atoms with van der Waals surface area (Å²) in [5.74, 6) is 1.28. The first-order valence-corrected chi connectivity index (χ1v) is 8.98. The number of nitrogens with zero attached hydrogens (tertiary/aromatic N) is 3. The van der Waals surface area contributed by atoms with Crippen molar-refractivity contribution in [3.8, 4) is 5.75 Å². The van der Waals surface area contributed by atoms with Crippen LogP contribution < -0.4 is 16.2 Å². The van der Waals surface area contributed by atoms with E-state index in [4.69, 9.17) is 32.6 Å². The first-order chi connectivity index (χ1) is 12.1. The SMILES string of the molecule is NC1=NC2(CCCCC2)N(OCCCOc2ccc(Cl)cc2)C(N)=N1. The van der Waals surface area contributed by atoms with Crippen LogP contribution in [0.25, 0.3) is 0 Å². The number of hydrogen-bond acceptors (Lipinski definition) is 7. The standard InChI is InChI=1S/C17H24ClN5O2/c18-13-5-7-14(8-6-13)24-11-4-12-25-23-16(20)21-15(19)22-17(23)9-2-1-3-10-17/h5-8H,1-4,9-12H2,(H4,19,20,21,22). The van der Waals surface area contributed by atoms with Gasteiger partial charge in [0.15, 0.2) is 5.66 Å². The van der Waals surface area contributed by atoms with Crippen LogP contribution in [0.15, 0.2) is 34.3 Å². The molecule has 0 amide bonds. The van der Waals surface area contributed by atoms with E-state index in [0.29, 0.717) is 24.7 Å². The predicted molar refractivity (Wildman–Crippen MR) is 98.4 cm³/mol. The fourth-order valence-corrected chi connectivity index (χ4v) is 3.34. The zero-order chi connectivity index (χ0) is 17.7. The van der Waals surface area contributed by atoms with E-state index >= 15 is 0 Å². The van der Waals surface area contributed by atoms with Crippen molar-refractivity contribution in [1.82, 2.24) is 5.06 Å². The molecule has 0 unspecified atom stereocenters. The molecule has 4 N–H and O–H groups in total. The summed E-state index contributed by atoms with van der Waals surface area (Å²) in [6, 6.07) is 7.28. The summed E-state index contributed by atoms with van der Waals surface area (Å²) in [6.07, 6.45) is 5.78. The number of ether oxygens (including phenoxy) is 1. The Balaban J connectivity index is 1.50. The quantitative estimate of drug-likeness (QED) is 0.755. The number of halogens is 1. The topological polar surface area (TPSA) is 98.5 Å². The molecule has 7 nitrogen and oxygen atoms in total. The molecule has 1 saturated carbocycles. The monoisotopic (exact) mass is 365 g/mol. The Kier molecular flexibility index (Phi) is 5.65. The van der Waals surface area contributed by atoms with Crippen LogP contribution in [0.1, 0.15) is 38.5 Å². The lowest BCUT2D eigenvalue weighted by Gasteiger charge is -2.44. The van der Waals surface area contributed by atoms with Crippen LogP contribution in [0.5, 0.6) is 5.75 Å². The van der Waals surface area contributed by atoms with Crippen molar-refractivity contribution in [3.63, 3.8) is 0 Å². The summed E-state index contributed by atoms with van der Waals surface area (Å²) in [6.45, 7) is 0.992. The molecule has 25 heavy (non-hydrogen) atoms. The van der Waals surface area contributed by atoms with Crippen molar-refractivity contribution in [2.45, 2.75) is 44.2 Å². The van der Waals surface area contributed by atoms with E-state index in [-0.39, 0.29) is 11.9 Å². The molecule has 1 aromatic carbocycles. The van der Waals surface area contributed by atoms with Crippen LogP contribution in [0, 0.1) is 0 Å². The first-order valence-electron chi connectivity index (χ1n) is 8.60. The summed E-state index contributed by atoms with van der Waals surface area (Å²) in [7, 11) is 0. The average Bonchev–Trinajstić information content (AvgIpc) is 2.59. The van der Waals surface area contributed by atoms with Crippen LogP contribution in [-0.4, -0.2) is 35.9 Å². The molecule has 1 spiro atoms. The molecule has 0 bridgehead atoms. The molecule has 1 heterocycles. The van der Waals surface area contributed by atoms with Gasteiger partial charge in [-0.1, -0.05) is 18.0 Å². The molecule has 0 aromatic heterocycles. The van der Waals surface area contributed by atoms with Gasteiger partial charge in [-0.15, -0.1) is 0 Å². The van der Waals surface area contributed by atoms with Crippen molar-refractivity contribution in [2.75, 3.05) is 13.2 Å². The molecule has 136 valence electrons. The third-order valence-corrected chi connectivity index (χ3v) is 4.64. The van der Waals surface area contributed by atoms with Crippen LogP contribution in [0.2, 0.25) is 5.02 Å². The van der Waals surface area contributed by atoms with Gasteiger partial charge >= 0.3 is 0 Å². The van der Waals surface area contributed by atoms with Gasteiger partial charge in [-0.25, -0.2) is 4.99 Å². The van der Waals surface area contributed by atoms with E-state index in [1.54, 1.807) is 17.2 Å². The highest BCUT2D eigenvalue weighted by Crippen LogP contribution is 2.36. The number of hydroxylamine groups is 2. The number of rotatable bonds is 6. The minimum absolute atomic E-state index is 0.227. The zero-order valence-electron chi connectivity index (χ0n) is 14.2. The summed E-state index contributed by atoms with van der Waals surface area (Å²) >= 11 is 5.85. The third kappa shape index (κ3) is 4.35. The minimum Gasteiger partial charge on any atom is -0.494 e. The van der Waals surface area contributed by atoms with Crippen molar-refractivity contribution in [2.24, 2.45) is 21.5 Å². The Bertz CT molecular complexity index is 641. The van der Waals surface area contributed by atoms with Gasteiger partial charge in [0.2, 0.25) is 11.9 Å². The maximum absolute atomic E-state index is 6.04. The molecule has 2 aliphatic rings. The number of guanidine groups is 2. The Morgan fingerprint density at radius 2 is 1.80 bits per heavy atom. The zero-order valence-corrected chi connectivity index (χ0v) is 14.9. The number of hydrogen-bond donors (Lipinski definition) is 2. The lowest BCUT2D eigenvalue weighted by Crippen LogP contribution is -2.57. The maximum atomic E-state index is 6.04. The van der Waals surface area contributed by atoms with Gasteiger partial charge in [0, 0.05) is 11.4 Å². The van der Waals surface area contributed by atoms with Crippen LogP contribution in [0.4, 0.5) is 0 Å². The molecule has 1 aliphatic heterocycles. The molecule has 1 aliphatic carbocycles. The summed E-state index contributed by atoms with van der Waals surface area (Å²) in [5, 5.41) is 2.33. The molecule has 1 aromatic rings. The molecule has 8 heteroatoms. The van der Waals surface area contributed by atoms with Gasteiger partial charge < -0.3 is 16.2 Å². The molecule has 0 radical (unpaired) electrons. The smallest absolute Gasteiger partial charge is 0.226 e. The van der Waals surface area contributed by atoms with Gasteiger partial charge in [0.05, 0.1) is 13.2 Å². The summed E-state index contributed by atoms with van der Waals surface area (Å²) in [4.78, 5) is 14.5. The second-order valence-corrected chi connectivity index (χ2v) is 6.70. The highest BCUT2D eigenvalue weighted by Gasteiger charge is 2.42. The van der Waals surface area contributed by atoms with Crippen molar-refractivity contribution in [3.05, 3.63) is 29.3 Å². The highest BCUT2D eigenvalue weighted by molar-refractivity contribution is 6.30.